The summed E-state index contributed by atoms with van der Waals surface area (Å²) in [4.78, 5) is 4.27. The van der Waals surface area contributed by atoms with Gasteiger partial charge in [0.2, 0.25) is 0 Å². The Morgan fingerprint density at radius 2 is 2.27 bits per heavy atom. The quantitative estimate of drug-likeness (QED) is 0.712. The lowest BCUT2D eigenvalue weighted by Gasteiger charge is -2.06. The molecule has 1 aliphatic rings. The molecule has 1 atom stereocenters. The molecule has 0 bridgehead atoms. The zero-order chi connectivity index (χ0) is 10.1. The molecule has 1 saturated heterocycles. The predicted molar refractivity (Wildman–Crippen MR) is 57.0 cm³/mol. The van der Waals surface area contributed by atoms with E-state index in [0.29, 0.717) is 6.61 Å². The standard InChI is InChI=1S/C12H11NO2/c1-4-11-10(3-2-6-13-11)12(5-1)15-8-9-7-14-9/h1-6,9H,7-8H2/t9-/m0/s1. The van der Waals surface area contributed by atoms with Crippen molar-refractivity contribution in [3.05, 3.63) is 36.5 Å². The van der Waals surface area contributed by atoms with E-state index in [2.05, 4.69) is 4.98 Å². The molecule has 0 radical (unpaired) electrons. The molecule has 0 N–H and O–H groups in total. The van der Waals surface area contributed by atoms with E-state index in [1.54, 1.807) is 6.20 Å². The first-order valence-corrected chi connectivity index (χ1v) is 5.01. The van der Waals surface area contributed by atoms with Crippen LogP contribution in [0.3, 0.4) is 0 Å². The molecular formula is C12H11NO2. The molecule has 1 aromatic heterocycles. The first kappa shape index (κ1) is 8.68. The monoisotopic (exact) mass is 201 g/mol. The van der Waals surface area contributed by atoms with Crippen molar-refractivity contribution in [1.29, 1.82) is 0 Å². The van der Waals surface area contributed by atoms with Crippen LogP contribution in [0.25, 0.3) is 10.9 Å². The van der Waals surface area contributed by atoms with Crippen LogP contribution in [-0.4, -0.2) is 24.3 Å². The number of aromatic nitrogens is 1. The minimum Gasteiger partial charge on any atom is -0.490 e. The van der Waals surface area contributed by atoms with E-state index in [-0.39, 0.29) is 6.10 Å². The second-order valence-corrected chi connectivity index (χ2v) is 3.59. The number of nitrogens with zero attached hydrogens (tertiary/aromatic N) is 1. The lowest BCUT2D eigenvalue weighted by Crippen LogP contribution is -2.04. The van der Waals surface area contributed by atoms with Gasteiger partial charge in [-0.05, 0) is 24.3 Å². The van der Waals surface area contributed by atoms with Gasteiger partial charge < -0.3 is 9.47 Å². The first-order chi connectivity index (χ1) is 7.43. The third-order valence-electron chi connectivity index (χ3n) is 2.43. The van der Waals surface area contributed by atoms with E-state index in [1.165, 1.54) is 0 Å². The second-order valence-electron chi connectivity index (χ2n) is 3.59. The Hall–Kier alpha value is -1.61. The minimum absolute atomic E-state index is 0.289. The van der Waals surface area contributed by atoms with Crippen molar-refractivity contribution in [2.24, 2.45) is 0 Å². The molecule has 3 heteroatoms. The molecule has 2 heterocycles. The summed E-state index contributed by atoms with van der Waals surface area (Å²) in [5.41, 5.74) is 0.965. The maximum Gasteiger partial charge on any atom is 0.128 e. The Labute approximate surface area is 87.6 Å². The lowest BCUT2D eigenvalue weighted by atomic mass is 10.2. The molecule has 0 unspecified atom stereocenters. The van der Waals surface area contributed by atoms with Gasteiger partial charge in [-0.3, -0.25) is 4.98 Å². The summed E-state index contributed by atoms with van der Waals surface area (Å²) in [6.07, 6.45) is 2.08. The second kappa shape index (κ2) is 3.51. The van der Waals surface area contributed by atoms with Crippen molar-refractivity contribution in [2.75, 3.05) is 13.2 Å². The van der Waals surface area contributed by atoms with Gasteiger partial charge in [0.1, 0.15) is 18.5 Å². The Balaban J connectivity index is 1.93. The molecule has 3 rings (SSSR count). The van der Waals surface area contributed by atoms with Crippen molar-refractivity contribution in [3.63, 3.8) is 0 Å². The summed E-state index contributed by atoms with van der Waals surface area (Å²) in [7, 11) is 0. The minimum atomic E-state index is 0.289. The number of ether oxygens (including phenoxy) is 2. The van der Waals surface area contributed by atoms with E-state index >= 15 is 0 Å². The maximum absolute atomic E-state index is 5.68. The number of fused-ring (bicyclic) bond motifs is 1. The summed E-state index contributed by atoms with van der Waals surface area (Å²) >= 11 is 0. The number of rotatable bonds is 3. The molecule has 1 fully saturated rings. The summed E-state index contributed by atoms with van der Waals surface area (Å²) < 4.78 is 10.8. The Morgan fingerprint density at radius 3 is 3.13 bits per heavy atom. The molecule has 3 nitrogen and oxygen atoms in total. The summed E-state index contributed by atoms with van der Waals surface area (Å²) in [5.74, 6) is 0.885. The van der Waals surface area contributed by atoms with Crippen LogP contribution in [0.1, 0.15) is 0 Å². The van der Waals surface area contributed by atoms with Crippen LogP contribution >= 0.6 is 0 Å². The third-order valence-corrected chi connectivity index (χ3v) is 2.43. The zero-order valence-electron chi connectivity index (χ0n) is 8.22. The number of pyridine rings is 1. The fraction of sp³-hybridized carbons (Fsp3) is 0.250. The van der Waals surface area contributed by atoms with Gasteiger partial charge in [0, 0.05) is 11.6 Å². The van der Waals surface area contributed by atoms with Crippen molar-refractivity contribution >= 4 is 10.9 Å². The van der Waals surface area contributed by atoms with Gasteiger partial charge in [0.05, 0.1) is 12.1 Å². The predicted octanol–water partition coefficient (Wildman–Crippen LogP) is 2.01. The molecule has 76 valence electrons. The maximum atomic E-state index is 5.68. The van der Waals surface area contributed by atoms with E-state index in [9.17, 15) is 0 Å². The van der Waals surface area contributed by atoms with Gasteiger partial charge in [-0.1, -0.05) is 6.07 Å². The molecule has 1 aliphatic heterocycles. The highest BCUT2D eigenvalue weighted by molar-refractivity contribution is 5.84. The van der Waals surface area contributed by atoms with Gasteiger partial charge in [-0.15, -0.1) is 0 Å². The van der Waals surface area contributed by atoms with Gasteiger partial charge in [-0.2, -0.15) is 0 Å². The number of benzene rings is 1. The molecule has 15 heavy (non-hydrogen) atoms. The zero-order valence-corrected chi connectivity index (χ0v) is 8.22. The molecule has 0 saturated carbocycles. The molecule has 0 spiro atoms. The number of hydrogen-bond donors (Lipinski definition) is 0. The normalized spacial score (nSPS) is 19.1. The molecule has 0 amide bonds. The van der Waals surface area contributed by atoms with Gasteiger partial charge >= 0.3 is 0 Å². The Morgan fingerprint density at radius 1 is 1.33 bits per heavy atom. The number of hydrogen-bond acceptors (Lipinski definition) is 3. The highest BCUT2D eigenvalue weighted by Crippen LogP contribution is 2.24. The van der Waals surface area contributed by atoms with Crippen molar-refractivity contribution < 1.29 is 9.47 Å². The van der Waals surface area contributed by atoms with Crippen LogP contribution < -0.4 is 4.74 Å². The van der Waals surface area contributed by atoms with Gasteiger partial charge in [-0.25, -0.2) is 0 Å². The molecular weight excluding hydrogens is 190 g/mol. The smallest absolute Gasteiger partial charge is 0.128 e. The topological polar surface area (TPSA) is 34.6 Å². The van der Waals surface area contributed by atoms with E-state index in [4.69, 9.17) is 9.47 Å². The highest BCUT2D eigenvalue weighted by atomic mass is 16.6. The van der Waals surface area contributed by atoms with Gasteiger partial charge in [0.25, 0.3) is 0 Å². The average Bonchev–Trinajstić information content (AvgIpc) is 3.10. The van der Waals surface area contributed by atoms with Crippen LogP contribution in [0.5, 0.6) is 5.75 Å². The Kier molecular flexibility index (Phi) is 2.03. The number of epoxide rings is 1. The highest BCUT2D eigenvalue weighted by Gasteiger charge is 2.23. The van der Waals surface area contributed by atoms with Crippen molar-refractivity contribution in [2.45, 2.75) is 6.10 Å². The SMILES string of the molecule is c1cc(OC[C@@H]2CO2)c2cccnc2c1. The van der Waals surface area contributed by atoms with Gasteiger partial charge in [0.15, 0.2) is 0 Å². The largest absolute Gasteiger partial charge is 0.490 e. The Bertz CT molecular complexity index is 475. The lowest BCUT2D eigenvalue weighted by molar-refractivity contribution is 0.265. The first-order valence-electron chi connectivity index (χ1n) is 5.01. The van der Waals surface area contributed by atoms with Crippen LogP contribution in [0.2, 0.25) is 0 Å². The summed E-state index contributed by atoms with van der Waals surface area (Å²) in [6.45, 7) is 1.46. The van der Waals surface area contributed by atoms with Crippen LogP contribution in [-0.2, 0) is 4.74 Å². The van der Waals surface area contributed by atoms with Crippen LogP contribution in [0, 0.1) is 0 Å². The molecule has 2 aromatic rings. The fourth-order valence-electron chi connectivity index (χ4n) is 1.55. The van der Waals surface area contributed by atoms with E-state index in [1.807, 2.05) is 30.3 Å². The van der Waals surface area contributed by atoms with Crippen LogP contribution in [0.4, 0.5) is 0 Å². The van der Waals surface area contributed by atoms with Crippen molar-refractivity contribution in [3.8, 4) is 5.75 Å². The third kappa shape index (κ3) is 1.78. The molecule has 0 aliphatic carbocycles. The summed E-state index contributed by atoms with van der Waals surface area (Å²) in [6, 6.07) is 9.84. The molecule has 1 aromatic carbocycles. The van der Waals surface area contributed by atoms with E-state index < -0.39 is 0 Å². The van der Waals surface area contributed by atoms with E-state index in [0.717, 1.165) is 23.3 Å². The van der Waals surface area contributed by atoms with Crippen molar-refractivity contribution in [1.82, 2.24) is 4.98 Å². The average molecular weight is 201 g/mol. The van der Waals surface area contributed by atoms with Crippen LogP contribution in [0.15, 0.2) is 36.5 Å². The summed E-state index contributed by atoms with van der Waals surface area (Å²) in [5, 5.41) is 1.06. The fourth-order valence-corrected chi connectivity index (χ4v) is 1.55.